The summed E-state index contributed by atoms with van der Waals surface area (Å²) in [5.41, 5.74) is -0.703. The lowest BCUT2D eigenvalue weighted by atomic mass is 10.1. The minimum Gasteiger partial charge on any atom is -0.478 e. The fraction of sp³-hybridized carbons (Fsp3) is 0.417. The molecule has 1 heterocycles. The summed E-state index contributed by atoms with van der Waals surface area (Å²) in [4.78, 5) is 10.7. The highest BCUT2D eigenvalue weighted by molar-refractivity contribution is 7.89. The molecule has 20 heavy (non-hydrogen) atoms. The third-order valence-electron chi connectivity index (χ3n) is 3.28. The summed E-state index contributed by atoms with van der Waals surface area (Å²) in [6, 6.07) is 1.94. The molecule has 1 aromatic rings. The SMILES string of the molecule is Cc1cc(S(=O)(=O)N2CC(CO)C2)cc(C(=O)O)c1F. The largest absolute Gasteiger partial charge is 0.478 e. The summed E-state index contributed by atoms with van der Waals surface area (Å²) in [5.74, 6) is -2.56. The summed E-state index contributed by atoms with van der Waals surface area (Å²) < 4.78 is 39.2. The first-order chi connectivity index (χ1) is 9.27. The molecule has 110 valence electrons. The Bertz CT molecular complexity index is 652. The summed E-state index contributed by atoms with van der Waals surface area (Å²) in [6.07, 6.45) is 0. The van der Waals surface area contributed by atoms with E-state index in [1.807, 2.05) is 0 Å². The van der Waals surface area contributed by atoms with Crippen LogP contribution in [0.5, 0.6) is 0 Å². The van der Waals surface area contributed by atoms with Gasteiger partial charge in [0.2, 0.25) is 10.0 Å². The number of aryl methyl sites for hydroxylation is 1. The molecule has 0 atom stereocenters. The number of carboxylic acids is 1. The van der Waals surface area contributed by atoms with Crippen LogP contribution in [0.1, 0.15) is 15.9 Å². The number of hydrogen-bond donors (Lipinski definition) is 2. The lowest BCUT2D eigenvalue weighted by Gasteiger charge is -2.37. The highest BCUT2D eigenvalue weighted by Gasteiger charge is 2.37. The normalized spacial score (nSPS) is 16.9. The predicted molar refractivity (Wildman–Crippen MR) is 67.4 cm³/mol. The minimum atomic E-state index is -3.85. The summed E-state index contributed by atoms with van der Waals surface area (Å²) in [7, 11) is -3.85. The van der Waals surface area contributed by atoms with Gasteiger partial charge in [0.15, 0.2) is 0 Å². The summed E-state index contributed by atoms with van der Waals surface area (Å²) in [6.45, 7) is 1.57. The number of hydrogen-bond acceptors (Lipinski definition) is 4. The van der Waals surface area contributed by atoms with Crippen LogP contribution in [0.3, 0.4) is 0 Å². The van der Waals surface area contributed by atoms with Gasteiger partial charge in [-0.2, -0.15) is 4.31 Å². The first-order valence-corrected chi connectivity index (χ1v) is 7.35. The van der Waals surface area contributed by atoms with Gasteiger partial charge >= 0.3 is 5.97 Å². The highest BCUT2D eigenvalue weighted by Crippen LogP contribution is 2.27. The van der Waals surface area contributed by atoms with Gasteiger partial charge in [0, 0.05) is 25.6 Å². The number of aromatic carboxylic acids is 1. The molecule has 6 nitrogen and oxygen atoms in total. The number of sulfonamides is 1. The molecule has 0 saturated carbocycles. The first-order valence-electron chi connectivity index (χ1n) is 5.91. The monoisotopic (exact) mass is 303 g/mol. The van der Waals surface area contributed by atoms with E-state index in [0.29, 0.717) is 0 Å². The van der Waals surface area contributed by atoms with E-state index >= 15 is 0 Å². The van der Waals surface area contributed by atoms with Crippen molar-refractivity contribution in [3.63, 3.8) is 0 Å². The number of aliphatic hydroxyl groups is 1. The van der Waals surface area contributed by atoms with Gasteiger partial charge in [0.05, 0.1) is 10.5 Å². The number of nitrogens with zero attached hydrogens (tertiary/aromatic N) is 1. The zero-order chi connectivity index (χ0) is 15.1. The smallest absolute Gasteiger partial charge is 0.338 e. The van der Waals surface area contributed by atoms with Crippen molar-refractivity contribution in [3.05, 3.63) is 29.1 Å². The van der Waals surface area contributed by atoms with Gasteiger partial charge in [-0.05, 0) is 24.6 Å². The van der Waals surface area contributed by atoms with E-state index in [1.165, 1.54) is 6.92 Å². The fourth-order valence-electron chi connectivity index (χ4n) is 2.02. The molecule has 0 unspecified atom stereocenters. The average molecular weight is 303 g/mol. The highest BCUT2D eigenvalue weighted by atomic mass is 32.2. The quantitative estimate of drug-likeness (QED) is 0.842. The Morgan fingerprint density at radius 2 is 2.05 bits per heavy atom. The van der Waals surface area contributed by atoms with Crippen molar-refractivity contribution in [2.75, 3.05) is 19.7 Å². The zero-order valence-electron chi connectivity index (χ0n) is 10.7. The van der Waals surface area contributed by atoms with Crippen molar-refractivity contribution in [1.29, 1.82) is 0 Å². The summed E-state index contributed by atoms with van der Waals surface area (Å²) >= 11 is 0. The van der Waals surface area contributed by atoms with Crippen LogP contribution >= 0.6 is 0 Å². The van der Waals surface area contributed by atoms with E-state index in [-0.39, 0.29) is 36.1 Å². The van der Waals surface area contributed by atoms with Crippen molar-refractivity contribution in [3.8, 4) is 0 Å². The zero-order valence-corrected chi connectivity index (χ0v) is 11.5. The van der Waals surface area contributed by atoms with Gasteiger partial charge in [-0.3, -0.25) is 0 Å². The van der Waals surface area contributed by atoms with Gasteiger partial charge in [-0.1, -0.05) is 0 Å². The molecular formula is C12H14FNO5S. The van der Waals surface area contributed by atoms with Crippen molar-refractivity contribution in [2.45, 2.75) is 11.8 Å². The van der Waals surface area contributed by atoms with Crippen molar-refractivity contribution >= 4 is 16.0 Å². The third kappa shape index (κ3) is 2.41. The lowest BCUT2D eigenvalue weighted by molar-refractivity contribution is 0.0691. The molecule has 0 amide bonds. The average Bonchev–Trinajstić information content (AvgIpc) is 2.30. The Morgan fingerprint density at radius 3 is 2.55 bits per heavy atom. The first kappa shape index (κ1) is 14.9. The number of halogens is 1. The van der Waals surface area contributed by atoms with E-state index < -0.39 is 27.4 Å². The maximum absolute atomic E-state index is 13.6. The molecule has 1 saturated heterocycles. The Kier molecular flexibility index (Phi) is 3.81. The molecule has 0 aliphatic carbocycles. The van der Waals surface area contributed by atoms with Crippen LogP contribution in [0.15, 0.2) is 17.0 Å². The van der Waals surface area contributed by atoms with Crippen LogP contribution in [0, 0.1) is 18.7 Å². The number of carboxylic acid groups (broad SMARTS) is 1. The van der Waals surface area contributed by atoms with Gasteiger partial charge in [0.25, 0.3) is 0 Å². The third-order valence-corrected chi connectivity index (χ3v) is 5.09. The Balaban J connectivity index is 2.41. The van der Waals surface area contributed by atoms with E-state index in [4.69, 9.17) is 10.2 Å². The molecular weight excluding hydrogens is 289 g/mol. The topological polar surface area (TPSA) is 94.9 Å². The van der Waals surface area contributed by atoms with E-state index in [2.05, 4.69) is 0 Å². The number of rotatable bonds is 4. The molecule has 2 N–H and O–H groups in total. The Labute approximate surface area is 115 Å². The number of benzene rings is 1. The van der Waals surface area contributed by atoms with Crippen LogP contribution in [0.25, 0.3) is 0 Å². The molecule has 8 heteroatoms. The lowest BCUT2D eigenvalue weighted by Crippen LogP contribution is -2.51. The molecule has 0 aromatic heterocycles. The van der Waals surface area contributed by atoms with Crippen molar-refractivity contribution in [2.24, 2.45) is 5.92 Å². The maximum atomic E-state index is 13.6. The summed E-state index contributed by atoms with van der Waals surface area (Å²) in [5, 5.41) is 17.8. The van der Waals surface area contributed by atoms with Crippen LogP contribution in [0.2, 0.25) is 0 Å². The number of carbonyl (C=O) groups is 1. The second-order valence-corrected chi connectivity index (χ2v) is 6.72. The van der Waals surface area contributed by atoms with Gasteiger partial charge < -0.3 is 10.2 Å². The Hall–Kier alpha value is -1.51. The Morgan fingerprint density at radius 1 is 1.45 bits per heavy atom. The molecule has 1 fully saturated rings. The van der Waals surface area contributed by atoms with Gasteiger partial charge in [0.1, 0.15) is 5.82 Å². The molecule has 0 bridgehead atoms. The van der Waals surface area contributed by atoms with E-state index in [1.54, 1.807) is 0 Å². The van der Waals surface area contributed by atoms with Crippen LogP contribution in [0.4, 0.5) is 4.39 Å². The molecule has 0 spiro atoms. The van der Waals surface area contributed by atoms with Gasteiger partial charge in [-0.25, -0.2) is 17.6 Å². The number of aliphatic hydroxyl groups excluding tert-OH is 1. The van der Waals surface area contributed by atoms with Crippen LogP contribution in [-0.4, -0.2) is 48.6 Å². The van der Waals surface area contributed by atoms with Crippen molar-refractivity contribution in [1.82, 2.24) is 4.31 Å². The van der Waals surface area contributed by atoms with Crippen LogP contribution < -0.4 is 0 Å². The van der Waals surface area contributed by atoms with Crippen LogP contribution in [-0.2, 0) is 10.0 Å². The van der Waals surface area contributed by atoms with Crippen molar-refractivity contribution < 1.29 is 27.8 Å². The minimum absolute atomic E-state index is 0.0392. The maximum Gasteiger partial charge on any atom is 0.338 e. The predicted octanol–water partition coefficient (Wildman–Crippen LogP) is 0.445. The second-order valence-electron chi connectivity index (χ2n) is 4.78. The van der Waals surface area contributed by atoms with E-state index in [0.717, 1.165) is 16.4 Å². The van der Waals surface area contributed by atoms with Gasteiger partial charge in [-0.15, -0.1) is 0 Å². The molecule has 1 aromatic carbocycles. The molecule has 1 aliphatic heterocycles. The standard InChI is InChI=1S/C12H14FNO5S/c1-7-2-9(3-10(11(7)13)12(16)17)20(18,19)14-4-8(5-14)6-15/h2-3,8,15H,4-6H2,1H3,(H,16,17). The van der Waals surface area contributed by atoms with E-state index in [9.17, 15) is 17.6 Å². The molecule has 1 aliphatic rings. The molecule has 0 radical (unpaired) electrons. The second kappa shape index (κ2) is 5.12. The fourth-order valence-corrected chi connectivity index (χ4v) is 3.73. The molecule has 2 rings (SSSR count).